The smallest absolute Gasteiger partial charge is 0.338 e. The quantitative estimate of drug-likeness (QED) is 0.692. The third-order valence-electron chi connectivity index (χ3n) is 3.60. The van der Waals surface area contributed by atoms with Crippen molar-refractivity contribution in [1.29, 1.82) is 0 Å². The summed E-state index contributed by atoms with van der Waals surface area (Å²) in [4.78, 5) is 16.4. The number of methoxy groups -OCH3 is 1. The SMILES string of the molecule is COC(=O)c1ccccc1Cn1c(C)nc2ccccc21. The number of nitrogens with zero attached hydrogens (tertiary/aromatic N) is 2. The number of aryl methyl sites for hydroxylation is 1. The van der Waals surface area contributed by atoms with Crippen LogP contribution in [0.25, 0.3) is 11.0 Å². The number of esters is 1. The van der Waals surface area contributed by atoms with Crippen LogP contribution in [0, 0.1) is 6.92 Å². The van der Waals surface area contributed by atoms with E-state index in [9.17, 15) is 4.79 Å². The number of hydrogen-bond donors (Lipinski definition) is 0. The molecule has 3 rings (SSSR count). The first-order valence-corrected chi connectivity index (χ1v) is 6.79. The Kier molecular flexibility index (Phi) is 3.44. The molecule has 4 heteroatoms. The molecule has 0 spiro atoms. The summed E-state index contributed by atoms with van der Waals surface area (Å²) >= 11 is 0. The van der Waals surface area contributed by atoms with E-state index in [1.165, 1.54) is 7.11 Å². The predicted molar refractivity (Wildman–Crippen MR) is 81.4 cm³/mol. The molecule has 0 unspecified atom stereocenters. The van der Waals surface area contributed by atoms with E-state index in [2.05, 4.69) is 9.55 Å². The summed E-state index contributed by atoms with van der Waals surface area (Å²) in [5, 5.41) is 0. The highest BCUT2D eigenvalue weighted by molar-refractivity contribution is 5.91. The predicted octanol–water partition coefficient (Wildman–Crippen LogP) is 3.18. The van der Waals surface area contributed by atoms with Gasteiger partial charge in [0.15, 0.2) is 0 Å². The molecule has 0 bridgehead atoms. The summed E-state index contributed by atoms with van der Waals surface area (Å²) in [5.41, 5.74) is 3.55. The van der Waals surface area contributed by atoms with Crippen molar-refractivity contribution < 1.29 is 9.53 Å². The normalized spacial score (nSPS) is 10.8. The minimum atomic E-state index is -0.312. The lowest BCUT2D eigenvalue weighted by atomic mass is 10.1. The van der Waals surface area contributed by atoms with Gasteiger partial charge in [-0.3, -0.25) is 0 Å². The zero-order valence-corrected chi connectivity index (χ0v) is 12.0. The van der Waals surface area contributed by atoms with E-state index >= 15 is 0 Å². The molecule has 4 nitrogen and oxygen atoms in total. The third kappa shape index (κ3) is 2.40. The molecule has 2 aromatic carbocycles. The lowest BCUT2D eigenvalue weighted by Crippen LogP contribution is -2.09. The van der Waals surface area contributed by atoms with Crippen molar-refractivity contribution in [2.24, 2.45) is 0 Å². The lowest BCUT2D eigenvalue weighted by molar-refractivity contribution is 0.0599. The minimum absolute atomic E-state index is 0.312. The largest absolute Gasteiger partial charge is 0.465 e. The first kappa shape index (κ1) is 13.4. The molecule has 0 saturated carbocycles. The second-order valence-corrected chi connectivity index (χ2v) is 4.88. The highest BCUT2D eigenvalue weighted by Crippen LogP contribution is 2.19. The molecule has 3 aromatic rings. The van der Waals surface area contributed by atoms with Gasteiger partial charge in [0.05, 0.1) is 30.3 Å². The Morgan fingerprint density at radius 1 is 1.14 bits per heavy atom. The van der Waals surface area contributed by atoms with Crippen molar-refractivity contribution in [2.75, 3.05) is 7.11 Å². The molecule has 106 valence electrons. The second kappa shape index (κ2) is 5.40. The molecule has 0 radical (unpaired) electrons. The summed E-state index contributed by atoms with van der Waals surface area (Å²) in [7, 11) is 1.40. The van der Waals surface area contributed by atoms with E-state index in [0.29, 0.717) is 12.1 Å². The van der Waals surface area contributed by atoms with Crippen LogP contribution in [0.4, 0.5) is 0 Å². The van der Waals surface area contributed by atoms with Gasteiger partial charge in [-0.15, -0.1) is 0 Å². The monoisotopic (exact) mass is 280 g/mol. The molecule has 0 aliphatic carbocycles. The van der Waals surface area contributed by atoms with Crippen LogP contribution >= 0.6 is 0 Å². The van der Waals surface area contributed by atoms with Gasteiger partial charge in [0.25, 0.3) is 0 Å². The Bertz CT molecular complexity index is 805. The molecule has 0 aliphatic heterocycles. The van der Waals surface area contributed by atoms with Crippen LogP contribution in [0.1, 0.15) is 21.7 Å². The molecule has 1 aromatic heterocycles. The van der Waals surface area contributed by atoms with Crippen molar-refractivity contribution >= 4 is 17.0 Å². The Morgan fingerprint density at radius 2 is 1.86 bits per heavy atom. The Morgan fingerprint density at radius 3 is 2.67 bits per heavy atom. The molecular weight excluding hydrogens is 264 g/mol. The molecule has 0 fully saturated rings. The van der Waals surface area contributed by atoms with Gasteiger partial charge >= 0.3 is 5.97 Å². The number of ether oxygens (including phenoxy) is 1. The van der Waals surface area contributed by atoms with Crippen LogP contribution in [0.5, 0.6) is 0 Å². The summed E-state index contributed by atoms with van der Waals surface area (Å²) in [6, 6.07) is 15.5. The lowest BCUT2D eigenvalue weighted by Gasteiger charge is -2.10. The first-order valence-electron chi connectivity index (χ1n) is 6.79. The maximum atomic E-state index is 11.9. The van der Waals surface area contributed by atoms with Crippen molar-refractivity contribution in [3.05, 3.63) is 65.5 Å². The van der Waals surface area contributed by atoms with Gasteiger partial charge in [-0.25, -0.2) is 9.78 Å². The van der Waals surface area contributed by atoms with E-state index in [-0.39, 0.29) is 5.97 Å². The number of carbonyl (C=O) groups excluding carboxylic acids is 1. The van der Waals surface area contributed by atoms with E-state index < -0.39 is 0 Å². The minimum Gasteiger partial charge on any atom is -0.465 e. The highest BCUT2D eigenvalue weighted by atomic mass is 16.5. The molecule has 21 heavy (non-hydrogen) atoms. The molecule has 0 amide bonds. The van der Waals surface area contributed by atoms with E-state index in [0.717, 1.165) is 22.4 Å². The summed E-state index contributed by atoms with van der Waals surface area (Å²) in [6.45, 7) is 2.57. The van der Waals surface area contributed by atoms with Crippen molar-refractivity contribution in [2.45, 2.75) is 13.5 Å². The van der Waals surface area contributed by atoms with Gasteiger partial charge in [-0.1, -0.05) is 30.3 Å². The van der Waals surface area contributed by atoms with Gasteiger partial charge < -0.3 is 9.30 Å². The average Bonchev–Trinajstić information content (AvgIpc) is 2.83. The van der Waals surface area contributed by atoms with Gasteiger partial charge in [-0.05, 0) is 30.7 Å². The van der Waals surface area contributed by atoms with Crippen LogP contribution < -0.4 is 0 Å². The van der Waals surface area contributed by atoms with E-state index in [1.54, 1.807) is 6.07 Å². The standard InChI is InChI=1S/C17H16N2O2/c1-12-18-15-9-5-6-10-16(15)19(12)11-13-7-3-4-8-14(13)17(20)21-2/h3-10H,11H2,1-2H3. The fourth-order valence-corrected chi connectivity index (χ4v) is 2.53. The van der Waals surface area contributed by atoms with Crippen LogP contribution in [0.3, 0.4) is 0 Å². The molecule has 0 saturated heterocycles. The van der Waals surface area contributed by atoms with Crippen LogP contribution in [-0.4, -0.2) is 22.6 Å². The summed E-state index contributed by atoms with van der Waals surface area (Å²) < 4.78 is 6.96. The number of fused-ring (bicyclic) bond motifs is 1. The highest BCUT2D eigenvalue weighted by Gasteiger charge is 2.13. The molecule has 0 aliphatic rings. The van der Waals surface area contributed by atoms with Gasteiger partial charge in [0, 0.05) is 0 Å². The third-order valence-corrected chi connectivity index (χ3v) is 3.60. The van der Waals surface area contributed by atoms with Crippen LogP contribution in [-0.2, 0) is 11.3 Å². The maximum absolute atomic E-state index is 11.9. The average molecular weight is 280 g/mol. The van der Waals surface area contributed by atoms with Gasteiger partial charge in [0.2, 0.25) is 0 Å². The topological polar surface area (TPSA) is 44.1 Å². The van der Waals surface area contributed by atoms with Crippen molar-refractivity contribution in [1.82, 2.24) is 9.55 Å². The fraction of sp³-hybridized carbons (Fsp3) is 0.176. The Balaban J connectivity index is 2.07. The van der Waals surface area contributed by atoms with Crippen LogP contribution in [0.2, 0.25) is 0 Å². The summed E-state index contributed by atoms with van der Waals surface area (Å²) in [6.07, 6.45) is 0. The van der Waals surface area contributed by atoms with Gasteiger partial charge in [0.1, 0.15) is 5.82 Å². The Labute approximate surface area is 123 Å². The first-order chi connectivity index (χ1) is 10.2. The number of hydrogen-bond acceptors (Lipinski definition) is 3. The number of para-hydroxylation sites is 2. The zero-order valence-electron chi connectivity index (χ0n) is 12.0. The van der Waals surface area contributed by atoms with E-state index in [1.807, 2.05) is 49.4 Å². The second-order valence-electron chi connectivity index (χ2n) is 4.88. The summed E-state index contributed by atoms with van der Waals surface area (Å²) in [5.74, 6) is 0.614. The maximum Gasteiger partial charge on any atom is 0.338 e. The number of carbonyl (C=O) groups is 1. The molecule has 0 atom stereocenters. The number of imidazole rings is 1. The number of rotatable bonds is 3. The fourth-order valence-electron chi connectivity index (χ4n) is 2.53. The number of benzene rings is 2. The van der Waals surface area contributed by atoms with E-state index in [4.69, 9.17) is 4.74 Å². The zero-order chi connectivity index (χ0) is 14.8. The number of aromatic nitrogens is 2. The van der Waals surface area contributed by atoms with Crippen LogP contribution in [0.15, 0.2) is 48.5 Å². The van der Waals surface area contributed by atoms with Crippen molar-refractivity contribution in [3.63, 3.8) is 0 Å². The Hall–Kier alpha value is -2.62. The van der Waals surface area contributed by atoms with Crippen molar-refractivity contribution in [3.8, 4) is 0 Å². The molecule has 0 N–H and O–H groups in total. The van der Waals surface area contributed by atoms with Gasteiger partial charge in [-0.2, -0.15) is 0 Å². The molecular formula is C17H16N2O2. The molecule has 1 heterocycles.